The van der Waals surface area contributed by atoms with Crippen LogP contribution in [0.2, 0.25) is 10.0 Å². The van der Waals surface area contributed by atoms with Crippen LogP contribution >= 0.6 is 35.4 Å². The first kappa shape index (κ1) is 25.5. The molecule has 182 valence electrons. The number of piperazine rings is 1. The SMILES string of the molecule is Cc1cc(C)cc(C(=O)NC(=S)Nc2ccc(N3CCN(Cc4ccccc4Cl)CC3)c(Cl)c2)c1. The number of carbonyl (C=O) groups is 1. The zero-order chi connectivity index (χ0) is 24.9. The molecule has 2 N–H and O–H groups in total. The molecule has 1 heterocycles. The van der Waals surface area contributed by atoms with E-state index in [0.29, 0.717) is 10.6 Å². The largest absolute Gasteiger partial charge is 0.368 e. The molecule has 0 bridgehead atoms. The molecule has 1 fully saturated rings. The maximum absolute atomic E-state index is 12.6. The fourth-order valence-corrected chi connectivity index (χ4v) is 5.01. The Morgan fingerprint density at radius 2 is 1.60 bits per heavy atom. The number of nitrogens with zero attached hydrogens (tertiary/aromatic N) is 2. The Kier molecular flexibility index (Phi) is 8.29. The Bertz CT molecular complexity index is 1220. The van der Waals surface area contributed by atoms with Gasteiger partial charge in [-0.25, -0.2) is 0 Å². The van der Waals surface area contributed by atoms with Gasteiger partial charge >= 0.3 is 0 Å². The van der Waals surface area contributed by atoms with Crippen LogP contribution in [0.1, 0.15) is 27.0 Å². The fraction of sp³-hybridized carbons (Fsp3) is 0.259. The van der Waals surface area contributed by atoms with Crippen LogP contribution < -0.4 is 15.5 Å². The number of benzene rings is 3. The van der Waals surface area contributed by atoms with Gasteiger partial charge in [-0.15, -0.1) is 0 Å². The predicted molar refractivity (Wildman–Crippen MR) is 150 cm³/mol. The van der Waals surface area contributed by atoms with Crippen molar-refractivity contribution in [1.29, 1.82) is 0 Å². The molecule has 1 aliphatic heterocycles. The van der Waals surface area contributed by atoms with E-state index in [-0.39, 0.29) is 11.0 Å². The Hall–Kier alpha value is -2.64. The van der Waals surface area contributed by atoms with Crippen molar-refractivity contribution >= 4 is 57.8 Å². The Balaban J connectivity index is 1.32. The lowest BCUT2D eigenvalue weighted by Gasteiger charge is -2.36. The van der Waals surface area contributed by atoms with E-state index in [1.165, 1.54) is 0 Å². The highest BCUT2D eigenvalue weighted by molar-refractivity contribution is 7.80. The standard InChI is InChI=1S/C27H28Cl2N4OS/c1-18-13-19(2)15-21(14-18)26(34)31-27(35)30-22-7-8-25(24(29)16-22)33-11-9-32(10-12-33)17-20-5-3-4-6-23(20)28/h3-8,13-16H,9-12,17H2,1-2H3,(H2,30,31,34,35). The van der Waals surface area contributed by atoms with E-state index in [1.807, 2.05) is 68.4 Å². The van der Waals surface area contributed by atoms with Crippen molar-refractivity contribution < 1.29 is 4.79 Å². The summed E-state index contributed by atoms with van der Waals surface area (Å²) in [6.07, 6.45) is 0. The summed E-state index contributed by atoms with van der Waals surface area (Å²) in [5.74, 6) is -0.244. The lowest BCUT2D eigenvalue weighted by atomic mass is 10.1. The van der Waals surface area contributed by atoms with Crippen LogP contribution in [0.5, 0.6) is 0 Å². The van der Waals surface area contributed by atoms with Gasteiger partial charge in [0.1, 0.15) is 0 Å². The van der Waals surface area contributed by atoms with Crippen LogP contribution in [0.3, 0.4) is 0 Å². The van der Waals surface area contributed by atoms with Gasteiger partial charge in [-0.2, -0.15) is 0 Å². The minimum absolute atomic E-state index is 0.228. The number of aryl methyl sites for hydroxylation is 2. The molecular formula is C27H28Cl2N4OS. The molecule has 1 amide bonds. The number of rotatable bonds is 5. The van der Waals surface area contributed by atoms with E-state index in [1.54, 1.807) is 0 Å². The number of thiocarbonyl (C=S) groups is 1. The maximum atomic E-state index is 12.6. The number of nitrogens with one attached hydrogen (secondary N) is 2. The zero-order valence-electron chi connectivity index (χ0n) is 19.8. The molecule has 0 saturated carbocycles. The first-order valence-corrected chi connectivity index (χ1v) is 12.7. The summed E-state index contributed by atoms with van der Waals surface area (Å²) in [7, 11) is 0. The minimum Gasteiger partial charge on any atom is -0.368 e. The third kappa shape index (κ3) is 6.73. The summed E-state index contributed by atoms with van der Waals surface area (Å²) in [5, 5.41) is 7.47. The third-order valence-corrected chi connectivity index (χ3v) is 6.86. The average molecular weight is 528 g/mol. The molecular weight excluding hydrogens is 499 g/mol. The zero-order valence-corrected chi connectivity index (χ0v) is 22.1. The molecule has 0 aliphatic carbocycles. The smallest absolute Gasteiger partial charge is 0.257 e. The number of carbonyl (C=O) groups excluding carboxylic acids is 1. The molecule has 0 radical (unpaired) electrons. The van der Waals surface area contributed by atoms with E-state index in [9.17, 15) is 4.79 Å². The third-order valence-electron chi connectivity index (χ3n) is 5.98. The Morgan fingerprint density at radius 3 is 2.26 bits per heavy atom. The second kappa shape index (κ2) is 11.4. The second-order valence-corrected chi connectivity index (χ2v) is 10.0. The van der Waals surface area contributed by atoms with E-state index in [2.05, 4.69) is 26.5 Å². The molecule has 0 aromatic heterocycles. The fourth-order valence-electron chi connectivity index (χ4n) is 4.30. The molecule has 0 spiro atoms. The number of halogens is 2. The summed E-state index contributed by atoms with van der Waals surface area (Å²) in [6, 6.07) is 19.4. The van der Waals surface area contributed by atoms with Crippen molar-refractivity contribution in [3.05, 3.63) is 93.0 Å². The number of hydrogen-bond acceptors (Lipinski definition) is 4. The lowest BCUT2D eigenvalue weighted by Crippen LogP contribution is -2.46. The van der Waals surface area contributed by atoms with Crippen molar-refractivity contribution in [2.75, 3.05) is 36.4 Å². The van der Waals surface area contributed by atoms with Gasteiger partial charge in [0.05, 0.1) is 10.7 Å². The molecule has 1 aliphatic rings. The molecule has 3 aromatic carbocycles. The molecule has 8 heteroatoms. The number of amides is 1. The van der Waals surface area contributed by atoms with E-state index in [4.69, 9.17) is 35.4 Å². The average Bonchev–Trinajstić information content (AvgIpc) is 2.80. The van der Waals surface area contributed by atoms with E-state index in [0.717, 1.165) is 65.8 Å². The quantitative estimate of drug-likeness (QED) is 0.395. The van der Waals surface area contributed by atoms with Gasteiger partial charge in [-0.1, -0.05) is 58.6 Å². The van der Waals surface area contributed by atoms with Crippen molar-refractivity contribution in [2.24, 2.45) is 0 Å². The molecule has 4 rings (SSSR count). The van der Waals surface area contributed by atoms with Gasteiger partial charge in [-0.05, 0) is 68.0 Å². The number of anilines is 2. The second-order valence-electron chi connectivity index (χ2n) is 8.81. The van der Waals surface area contributed by atoms with Gasteiger partial charge in [0.25, 0.3) is 5.91 Å². The van der Waals surface area contributed by atoms with Crippen molar-refractivity contribution in [2.45, 2.75) is 20.4 Å². The highest BCUT2D eigenvalue weighted by atomic mass is 35.5. The normalized spacial score (nSPS) is 14.0. The first-order chi connectivity index (χ1) is 16.8. The maximum Gasteiger partial charge on any atom is 0.257 e. The topological polar surface area (TPSA) is 47.6 Å². The first-order valence-electron chi connectivity index (χ1n) is 11.5. The monoisotopic (exact) mass is 526 g/mol. The molecule has 0 atom stereocenters. The molecule has 0 unspecified atom stereocenters. The summed E-state index contributed by atoms with van der Waals surface area (Å²) in [5.41, 5.74) is 5.49. The van der Waals surface area contributed by atoms with Crippen molar-refractivity contribution in [3.63, 3.8) is 0 Å². The highest BCUT2D eigenvalue weighted by Crippen LogP contribution is 2.30. The molecule has 35 heavy (non-hydrogen) atoms. The van der Waals surface area contributed by atoms with Gasteiger partial charge in [-0.3, -0.25) is 15.0 Å². The van der Waals surface area contributed by atoms with Gasteiger partial charge in [0.2, 0.25) is 0 Å². The van der Waals surface area contributed by atoms with Crippen LogP contribution in [0.15, 0.2) is 60.7 Å². The summed E-state index contributed by atoms with van der Waals surface area (Å²) in [6.45, 7) is 8.37. The van der Waals surface area contributed by atoms with Crippen LogP contribution in [0.25, 0.3) is 0 Å². The summed E-state index contributed by atoms with van der Waals surface area (Å²) < 4.78 is 0. The molecule has 1 saturated heterocycles. The molecule has 3 aromatic rings. The van der Waals surface area contributed by atoms with Gasteiger partial charge < -0.3 is 10.2 Å². The van der Waals surface area contributed by atoms with Crippen LogP contribution in [-0.4, -0.2) is 42.1 Å². The highest BCUT2D eigenvalue weighted by Gasteiger charge is 2.20. The van der Waals surface area contributed by atoms with E-state index >= 15 is 0 Å². The van der Waals surface area contributed by atoms with Crippen LogP contribution in [0.4, 0.5) is 11.4 Å². The molecule has 5 nitrogen and oxygen atoms in total. The number of hydrogen-bond donors (Lipinski definition) is 2. The van der Waals surface area contributed by atoms with Gasteiger partial charge in [0.15, 0.2) is 5.11 Å². The van der Waals surface area contributed by atoms with Crippen molar-refractivity contribution in [3.8, 4) is 0 Å². The summed E-state index contributed by atoms with van der Waals surface area (Å²) in [4.78, 5) is 17.2. The van der Waals surface area contributed by atoms with Crippen LogP contribution in [-0.2, 0) is 6.54 Å². The predicted octanol–water partition coefficient (Wildman–Crippen LogP) is 6.06. The van der Waals surface area contributed by atoms with E-state index < -0.39 is 0 Å². The lowest BCUT2D eigenvalue weighted by molar-refractivity contribution is 0.0977. The Morgan fingerprint density at radius 1 is 0.914 bits per heavy atom. The van der Waals surface area contributed by atoms with Crippen molar-refractivity contribution in [1.82, 2.24) is 10.2 Å². The Labute approximate surface area is 222 Å². The summed E-state index contributed by atoms with van der Waals surface area (Å²) >= 11 is 18.3. The minimum atomic E-state index is -0.244. The van der Waals surface area contributed by atoms with Gasteiger partial charge in [0, 0.05) is 49.0 Å². The van der Waals surface area contributed by atoms with Crippen LogP contribution in [0, 0.1) is 13.8 Å².